The molecule has 0 fully saturated rings. The van der Waals surface area contributed by atoms with Gasteiger partial charge in [0.15, 0.2) is 0 Å². The summed E-state index contributed by atoms with van der Waals surface area (Å²) in [6.45, 7) is 8.73. The standard InChI is InChI=1S/C10H21N/c1-5-8(3)7-10(11)9(4)6-2/h7-9H,5-6,11H2,1-4H3/b10-7-/t8?,9-/m0/s1. The van der Waals surface area contributed by atoms with Crippen molar-refractivity contribution < 1.29 is 0 Å². The molecule has 0 aliphatic heterocycles. The lowest BCUT2D eigenvalue weighted by Crippen LogP contribution is -2.09. The van der Waals surface area contributed by atoms with Gasteiger partial charge in [0.2, 0.25) is 0 Å². The Balaban J connectivity index is 3.98. The molecule has 0 heterocycles. The summed E-state index contributed by atoms with van der Waals surface area (Å²) in [5, 5.41) is 0. The summed E-state index contributed by atoms with van der Waals surface area (Å²) in [5.74, 6) is 1.17. The number of rotatable bonds is 4. The lowest BCUT2D eigenvalue weighted by molar-refractivity contribution is 0.618. The van der Waals surface area contributed by atoms with Crippen molar-refractivity contribution in [3.05, 3.63) is 11.8 Å². The smallest absolute Gasteiger partial charge is 0.00713 e. The highest BCUT2D eigenvalue weighted by molar-refractivity contribution is 5.02. The van der Waals surface area contributed by atoms with E-state index in [1.54, 1.807) is 0 Å². The molecular formula is C10H21N. The van der Waals surface area contributed by atoms with Gasteiger partial charge < -0.3 is 5.73 Å². The second-order valence-corrected chi connectivity index (χ2v) is 3.36. The van der Waals surface area contributed by atoms with Gasteiger partial charge in [-0.1, -0.05) is 40.2 Å². The first-order valence-corrected chi connectivity index (χ1v) is 4.58. The van der Waals surface area contributed by atoms with Crippen LogP contribution in [0.1, 0.15) is 40.5 Å². The highest BCUT2D eigenvalue weighted by Gasteiger charge is 2.02. The van der Waals surface area contributed by atoms with Crippen LogP contribution in [0, 0.1) is 11.8 Å². The Morgan fingerprint density at radius 2 is 1.82 bits per heavy atom. The zero-order valence-electron chi connectivity index (χ0n) is 8.22. The van der Waals surface area contributed by atoms with Crippen molar-refractivity contribution in [1.29, 1.82) is 0 Å². The van der Waals surface area contributed by atoms with Crippen molar-refractivity contribution >= 4 is 0 Å². The van der Waals surface area contributed by atoms with Crippen molar-refractivity contribution in [2.45, 2.75) is 40.5 Å². The number of hydrogen-bond donors (Lipinski definition) is 1. The van der Waals surface area contributed by atoms with E-state index < -0.39 is 0 Å². The minimum Gasteiger partial charge on any atom is -0.402 e. The van der Waals surface area contributed by atoms with E-state index in [0.29, 0.717) is 11.8 Å². The van der Waals surface area contributed by atoms with E-state index in [4.69, 9.17) is 5.73 Å². The molecule has 0 spiro atoms. The molecule has 0 amide bonds. The quantitative estimate of drug-likeness (QED) is 0.663. The highest BCUT2D eigenvalue weighted by atomic mass is 14.6. The largest absolute Gasteiger partial charge is 0.402 e. The Morgan fingerprint density at radius 3 is 2.18 bits per heavy atom. The molecule has 0 radical (unpaired) electrons. The van der Waals surface area contributed by atoms with E-state index in [9.17, 15) is 0 Å². The predicted molar refractivity (Wildman–Crippen MR) is 51.2 cm³/mol. The molecule has 1 heteroatoms. The number of hydrogen-bond acceptors (Lipinski definition) is 1. The topological polar surface area (TPSA) is 26.0 Å². The number of nitrogens with two attached hydrogens (primary N) is 1. The van der Waals surface area contributed by atoms with Gasteiger partial charge in [0.05, 0.1) is 0 Å². The van der Waals surface area contributed by atoms with E-state index in [-0.39, 0.29) is 0 Å². The van der Waals surface area contributed by atoms with Crippen LogP contribution in [0.5, 0.6) is 0 Å². The van der Waals surface area contributed by atoms with Crippen molar-refractivity contribution in [3.63, 3.8) is 0 Å². The van der Waals surface area contributed by atoms with Crippen LogP contribution in [0.2, 0.25) is 0 Å². The Bertz CT molecular complexity index is 127. The van der Waals surface area contributed by atoms with E-state index in [2.05, 4.69) is 33.8 Å². The first-order chi connectivity index (χ1) is 5.11. The summed E-state index contributed by atoms with van der Waals surface area (Å²) in [4.78, 5) is 0. The van der Waals surface area contributed by atoms with Crippen LogP contribution >= 0.6 is 0 Å². The molecular weight excluding hydrogens is 134 g/mol. The first-order valence-electron chi connectivity index (χ1n) is 4.58. The van der Waals surface area contributed by atoms with Gasteiger partial charge in [-0.3, -0.25) is 0 Å². The Hall–Kier alpha value is -0.460. The summed E-state index contributed by atoms with van der Waals surface area (Å²) < 4.78 is 0. The summed E-state index contributed by atoms with van der Waals surface area (Å²) in [6, 6.07) is 0. The zero-order valence-corrected chi connectivity index (χ0v) is 8.22. The predicted octanol–water partition coefficient (Wildman–Crippen LogP) is 2.92. The van der Waals surface area contributed by atoms with E-state index in [1.165, 1.54) is 6.42 Å². The highest BCUT2D eigenvalue weighted by Crippen LogP contribution is 2.12. The minimum absolute atomic E-state index is 0.545. The van der Waals surface area contributed by atoms with Gasteiger partial charge in [0.1, 0.15) is 0 Å². The maximum Gasteiger partial charge on any atom is 0.00713 e. The van der Waals surface area contributed by atoms with Gasteiger partial charge in [-0.2, -0.15) is 0 Å². The van der Waals surface area contributed by atoms with Gasteiger partial charge >= 0.3 is 0 Å². The summed E-state index contributed by atoms with van der Waals surface area (Å²) in [6.07, 6.45) is 4.50. The van der Waals surface area contributed by atoms with E-state index in [1.807, 2.05) is 0 Å². The molecule has 0 aliphatic carbocycles. The SMILES string of the molecule is CCC(C)/C=C(\N)[C@@H](C)CC. The average molecular weight is 155 g/mol. The lowest BCUT2D eigenvalue weighted by Gasteiger charge is -2.11. The molecule has 0 rings (SSSR count). The summed E-state index contributed by atoms with van der Waals surface area (Å²) in [7, 11) is 0. The Labute approximate surface area is 70.7 Å². The molecule has 66 valence electrons. The van der Waals surface area contributed by atoms with Crippen LogP contribution < -0.4 is 5.73 Å². The van der Waals surface area contributed by atoms with E-state index in [0.717, 1.165) is 12.1 Å². The van der Waals surface area contributed by atoms with Crippen molar-refractivity contribution in [3.8, 4) is 0 Å². The molecule has 0 saturated carbocycles. The third kappa shape index (κ3) is 4.07. The maximum atomic E-state index is 5.87. The molecule has 2 N–H and O–H groups in total. The van der Waals surface area contributed by atoms with Crippen molar-refractivity contribution in [1.82, 2.24) is 0 Å². The van der Waals surface area contributed by atoms with Crippen molar-refractivity contribution in [2.24, 2.45) is 17.6 Å². The van der Waals surface area contributed by atoms with Crippen LogP contribution in [-0.4, -0.2) is 0 Å². The summed E-state index contributed by atoms with van der Waals surface area (Å²) in [5.41, 5.74) is 6.92. The second-order valence-electron chi connectivity index (χ2n) is 3.36. The van der Waals surface area contributed by atoms with Crippen LogP contribution in [0.25, 0.3) is 0 Å². The molecule has 0 saturated heterocycles. The normalized spacial score (nSPS) is 18.0. The Morgan fingerprint density at radius 1 is 1.27 bits per heavy atom. The first kappa shape index (κ1) is 10.5. The molecule has 2 atom stereocenters. The summed E-state index contributed by atoms with van der Waals surface area (Å²) >= 11 is 0. The molecule has 0 aromatic heterocycles. The van der Waals surface area contributed by atoms with Crippen LogP contribution in [-0.2, 0) is 0 Å². The fraction of sp³-hybridized carbons (Fsp3) is 0.800. The molecule has 0 bridgehead atoms. The molecule has 1 nitrogen and oxygen atoms in total. The van der Waals surface area contributed by atoms with Gasteiger partial charge in [-0.05, 0) is 18.3 Å². The molecule has 11 heavy (non-hydrogen) atoms. The second kappa shape index (κ2) is 5.22. The van der Waals surface area contributed by atoms with Gasteiger partial charge in [0.25, 0.3) is 0 Å². The molecule has 0 aromatic carbocycles. The molecule has 0 aromatic rings. The average Bonchev–Trinajstić information content (AvgIpc) is 2.02. The number of allylic oxidation sites excluding steroid dienone is 2. The zero-order chi connectivity index (χ0) is 8.85. The molecule has 0 aliphatic rings. The van der Waals surface area contributed by atoms with Crippen molar-refractivity contribution in [2.75, 3.05) is 0 Å². The third-order valence-electron chi connectivity index (χ3n) is 2.30. The lowest BCUT2D eigenvalue weighted by atomic mass is 10.00. The minimum atomic E-state index is 0.545. The Kier molecular flexibility index (Phi) is 5.01. The fourth-order valence-corrected chi connectivity index (χ4v) is 0.846. The van der Waals surface area contributed by atoms with Gasteiger partial charge in [-0.25, -0.2) is 0 Å². The van der Waals surface area contributed by atoms with Gasteiger partial charge in [-0.15, -0.1) is 0 Å². The van der Waals surface area contributed by atoms with Crippen LogP contribution in [0.3, 0.4) is 0 Å². The van der Waals surface area contributed by atoms with Crippen LogP contribution in [0.15, 0.2) is 11.8 Å². The van der Waals surface area contributed by atoms with Crippen LogP contribution in [0.4, 0.5) is 0 Å². The van der Waals surface area contributed by atoms with E-state index >= 15 is 0 Å². The fourth-order valence-electron chi connectivity index (χ4n) is 0.846. The third-order valence-corrected chi connectivity index (χ3v) is 2.30. The monoisotopic (exact) mass is 155 g/mol. The molecule has 1 unspecified atom stereocenters. The van der Waals surface area contributed by atoms with Gasteiger partial charge in [0, 0.05) is 5.70 Å². The maximum absolute atomic E-state index is 5.87.